The summed E-state index contributed by atoms with van der Waals surface area (Å²) in [6.45, 7) is 3.50. The van der Waals surface area contributed by atoms with E-state index in [1.54, 1.807) is 11.8 Å². The van der Waals surface area contributed by atoms with E-state index >= 15 is 0 Å². The van der Waals surface area contributed by atoms with Crippen molar-refractivity contribution in [2.75, 3.05) is 19.6 Å². The first-order chi connectivity index (χ1) is 15.7. The van der Waals surface area contributed by atoms with Crippen LogP contribution in [-0.2, 0) is 22.3 Å². The molecule has 1 aromatic heterocycles. The molecular formula is C22H25F3N6O2. The van der Waals surface area contributed by atoms with Crippen molar-refractivity contribution < 1.29 is 22.8 Å². The Labute approximate surface area is 189 Å². The second kappa shape index (κ2) is 9.32. The number of halogens is 3. The van der Waals surface area contributed by atoms with Crippen LogP contribution in [0.4, 0.5) is 13.2 Å². The van der Waals surface area contributed by atoms with E-state index in [1.807, 2.05) is 4.90 Å². The summed E-state index contributed by atoms with van der Waals surface area (Å²) >= 11 is 0. The Balaban J connectivity index is 1.45. The maximum Gasteiger partial charge on any atom is 0.416 e. The first kappa shape index (κ1) is 22.9. The van der Waals surface area contributed by atoms with Crippen LogP contribution in [0.2, 0.25) is 0 Å². The van der Waals surface area contributed by atoms with Crippen LogP contribution in [0.15, 0.2) is 24.3 Å². The zero-order valence-corrected chi connectivity index (χ0v) is 18.3. The normalized spacial score (nSPS) is 18.0. The van der Waals surface area contributed by atoms with Gasteiger partial charge in [-0.3, -0.25) is 9.59 Å². The fourth-order valence-corrected chi connectivity index (χ4v) is 4.34. The quantitative estimate of drug-likeness (QED) is 0.638. The number of hydrogen-bond acceptors (Lipinski definition) is 5. The van der Waals surface area contributed by atoms with Crippen molar-refractivity contribution in [3.8, 4) is 0 Å². The lowest BCUT2D eigenvalue weighted by Crippen LogP contribution is -2.46. The van der Waals surface area contributed by atoms with E-state index in [0.717, 1.165) is 37.9 Å². The Morgan fingerprint density at radius 1 is 1.21 bits per heavy atom. The number of aryl methyl sites for hydroxylation is 1. The molecule has 8 nitrogen and oxygen atoms in total. The van der Waals surface area contributed by atoms with E-state index in [9.17, 15) is 22.8 Å². The van der Waals surface area contributed by atoms with Gasteiger partial charge in [0.05, 0.1) is 12.1 Å². The highest BCUT2D eigenvalue weighted by molar-refractivity contribution is 5.92. The first-order valence-electron chi connectivity index (χ1n) is 10.9. The Kier molecular flexibility index (Phi) is 6.48. The third-order valence-corrected chi connectivity index (χ3v) is 6.07. The Hall–Kier alpha value is -3.24. The molecule has 2 amide bonds. The molecule has 0 aliphatic carbocycles. The molecule has 33 heavy (non-hydrogen) atoms. The van der Waals surface area contributed by atoms with Gasteiger partial charge in [0.25, 0.3) is 0 Å². The standard InChI is InChI=1S/C22H25F3N6O2/c1-15-26-28-31(27-15)14-17-13-18(22(23,24)25)6-4-16(17)5-7-20(32)29-11-8-19(9-12-29)30-10-2-3-21(30)33/h4-7,13,19H,2-3,8-12,14H2,1H3. The van der Waals surface area contributed by atoms with Crippen molar-refractivity contribution in [3.05, 3.63) is 46.8 Å². The van der Waals surface area contributed by atoms with Crippen molar-refractivity contribution in [3.63, 3.8) is 0 Å². The van der Waals surface area contributed by atoms with Gasteiger partial charge in [-0.1, -0.05) is 6.07 Å². The predicted octanol–water partition coefficient (Wildman–Crippen LogP) is 2.68. The third-order valence-electron chi connectivity index (χ3n) is 6.07. The van der Waals surface area contributed by atoms with Crippen molar-refractivity contribution in [2.24, 2.45) is 0 Å². The van der Waals surface area contributed by atoms with Crippen LogP contribution in [0.25, 0.3) is 6.08 Å². The van der Waals surface area contributed by atoms with E-state index in [2.05, 4.69) is 15.4 Å². The molecule has 2 aromatic rings. The molecular weight excluding hydrogens is 437 g/mol. The van der Waals surface area contributed by atoms with Crippen molar-refractivity contribution in [1.82, 2.24) is 30.0 Å². The molecule has 0 N–H and O–H groups in total. The molecule has 2 saturated heterocycles. The molecule has 11 heteroatoms. The van der Waals surface area contributed by atoms with Gasteiger partial charge >= 0.3 is 6.18 Å². The summed E-state index contributed by atoms with van der Waals surface area (Å²) in [7, 11) is 0. The molecule has 0 radical (unpaired) electrons. The number of likely N-dealkylation sites (tertiary alicyclic amines) is 2. The minimum absolute atomic E-state index is 0.00607. The van der Waals surface area contributed by atoms with Gasteiger partial charge in [-0.15, -0.1) is 10.2 Å². The minimum Gasteiger partial charge on any atom is -0.340 e. The number of piperidine rings is 1. The number of carbonyl (C=O) groups excluding carboxylic acids is 2. The van der Waals surface area contributed by atoms with Crippen molar-refractivity contribution in [2.45, 2.75) is 51.4 Å². The van der Waals surface area contributed by atoms with Crippen molar-refractivity contribution >= 4 is 17.9 Å². The first-order valence-corrected chi connectivity index (χ1v) is 10.9. The molecule has 2 aliphatic rings. The monoisotopic (exact) mass is 462 g/mol. The van der Waals surface area contributed by atoms with E-state index in [0.29, 0.717) is 36.5 Å². The number of aromatic nitrogens is 4. The molecule has 0 unspecified atom stereocenters. The second-order valence-electron chi connectivity index (χ2n) is 8.36. The van der Waals surface area contributed by atoms with Gasteiger partial charge in [0.1, 0.15) is 0 Å². The van der Waals surface area contributed by atoms with E-state index in [4.69, 9.17) is 0 Å². The molecule has 2 fully saturated rings. The van der Waals surface area contributed by atoms with Crippen LogP contribution in [0.3, 0.4) is 0 Å². The Morgan fingerprint density at radius 3 is 2.58 bits per heavy atom. The van der Waals surface area contributed by atoms with Gasteiger partial charge in [-0.25, -0.2) is 0 Å². The van der Waals surface area contributed by atoms with Crippen LogP contribution in [0.5, 0.6) is 0 Å². The zero-order valence-electron chi connectivity index (χ0n) is 18.3. The average molecular weight is 462 g/mol. The molecule has 176 valence electrons. The van der Waals surface area contributed by atoms with Gasteiger partial charge < -0.3 is 9.80 Å². The molecule has 0 spiro atoms. The van der Waals surface area contributed by atoms with E-state index < -0.39 is 11.7 Å². The number of benzene rings is 1. The number of nitrogens with zero attached hydrogens (tertiary/aromatic N) is 6. The van der Waals surface area contributed by atoms with Gasteiger partial charge in [0.15, 0.2) is 5.82 Å². The molecule has 3 heterocycles. The lowest BCUT2D eigenvalue weighted by molar-refractivity contribution is -0.137. The second-order valence-corrected chi connectivity index (χ2v) is 8.36. The summed E-state index contributed by atoms with van der Waals surface area (Å²) in [5.74, 6) is 0.390. The number of alkyl halides is 3. The summed E-state index contributed by atoms with van der Waals surface area (Å²) in [4.78, 5) is 29.5. The molecule has 2 aliphatic heterocycles. The zero-order chi connectivity index (χ0) is 23.6. The summed E-state index contributed by atoms with van der Waals surface area (Å²) in [6.07, 6.45) is 1.37. The average Bonchev–Trinajstić information content (AvgIpc) is 3.39. The van der Waals surface area contributed by atoms with Crippen LogP contribution in [0.1, 0.15) is 48.2 Å². The highest BCUT2D eigenvalue weighted by Gasteiger charge is 2.32. The summed E-state index contributed by atoms with van der Waals surface area (Å²) in [5, 5.41) is 11.6. The van der Waals surface area contributed by atoms with Crippen LogP contribution in [0, 0.1) is 6.92 Å². The van der Waals surface area contributed by atoms with Crippen molar-refractivity contribution in [1.29, 1.82) is 0 Å². The van der Waals surface area contributed by atoms with Gasteiger partial charge in [-0.2, -0.15) is 18.0 Å². The molecule has 4 rings (SSSR count). The number of hydrogen-bond donors (Lipinski definition) is 0. The van der Waals surface area contributed by atoms with Gasteiger partial charge in [-0.05, 0) is 60.7 Å². The summed E-state index contributed by atoms with van der Waals surface area (Å²) in [6, 6.07) is 3.55. The topological polar surface area (TPSA) is 84.2 Å². The number of rotatable bonds is 5. The molecule has 0 atom stereocenters. The highest BCUT2D eigenvalue weighted by atomic mass is 19.4. The summed E-state index contributed by atoms with van der Waals surface area (Å²) < 4.78 is 39.6. The highest BCUT2D eigenvalue weighted by Crippen LogP contribution is 2.31. The van der Waals surface area contributed by atoms with E-state index in [-0.39, 0.29) is 24.4 Å². The third kappa shape index (κ3) is 5.40. The Bertz CT molecular complexity index is 1060. The number of tetrazole rings is 1. The maximum absolute atomic E-state index is 13.2. The predicted molar refractivity (Wildman–Crippen MR) is 113 cm³/mol. The molecule has 1 aromatic carbocycles. The SMILES string of the molecule is Cc1nnn(Cc2cc(C(F)(F)F)ccc2C=CC(=O)N2CCC(N3CCCC3=O)CC2)n1. The Morgan fingerprint density at radius 2 is 1.97 bits per heavy atom. The lowest BCUT2D eigenvalue weighted by Gasteiger charge is -2.36. The van der Waals surface area contributed by atoms with Gasteiger partial charge in [0, 0.05) is 38.2 Å². The molecule has 0 bridgehead atoms. The number of carbonyl (C=O) groups is 2. The largest absolute Gasteiger partial charge is 0.416 e. The van der Waals surface area contributed by atoms with Gasteiger partial charge in [0.2, 0.25) is 11.8 Å². The van der Waals surface area contributed by atoms with Crippen LogP contribution in [-0.4, -0.2) is 67.5 Å². The van der Waals surface area contributed by atoms with E-state index in [1.165, 1.54) is 23.0 Å². The number of amides is 2. The molecule has 0 saturated carbocycles. The fourth-order valence-electron chi connectivity index (χ4n) is 4.34. The summed E-state index contributed by atoms with van der Waals surface area (Å²) in [5.41, 5.74) is 0.0257. The van der Waals surface area contributed by atoms with Crippen LogP contribution < -0.4 is 0 Å². The minimum atomic E-state index is -4.49. The fraction of sp³-hybridized carbons (Fsp3) is 0.500. The van der Waals surface area contributed by atoms with Crippen LogP contribution >= 0.6 is 0 Å². The lowest BCUT2D eigenvalue weighted by atomic mass is 10.0. The smallest absolute Gasteiger partial charge is 0.340 e. The maximum atomic E-state index is 13.2.